The first-order chi connectivity index (χ1) is 18.2. The second-order valence-electron chi connectivity index (χ2n) is 9.39. The molecule has 0 spiro atoms. The first-order valence-corrected chi connectivity index (χ1v) is 12.8. The molecular weight excluding hydrogens is 509 g/mol. The number of nitrogens with one attached hydrogen (secondary N) is 1. The highest BCUT2D eigenvalue weighted by Gasteiger charge is 2.36. The van der Waals surface area contributed by atoms with E-state index in [2.05, 4.69) is 20.4 Å². The molecule has 0 radical (unpaired) electrons. The number of thiazole rings is 1. The highest BCUT2D eigenvalue weighted by atomic mass is 32.1. The molecule has 5 heterocycles. The monoisotopic (exact) mass is 531 g/mol. The normalized spacial score (nSPS) is 13.2. The lowest BCUT2D eigenvalue weighted by atomic mass is 10.1. The maximum absolute atomic E-state index is 13.5. The van der Waals surface area contributed by atoms with Crippen molar-refractivity contribution in [2.45, 2.75) is 39.9 Å². The lowest BCUT2D eigenvalue weighted by molar-refractivity contribution is -0.116. The molecule has 4 aromatic heterocycles. The van der Waals surface area contributed by atoms with Crippen LogP contribution in [0.5, 0.6) is 0 Å². The summed E-state index contributed by atoms with van der Waals surface area (Å²) >= 11 is 1.52. The minimum Gasteiger partial charge on any atom is -0.330 e. The lowest BCUT2D eigenvalue weighted by Crippen LogP contribution is -2.32. The largest absolute Gasteiger partial charge is 0.330 e. The van der Waals surface area contributed by atoms with Crippen LogP contribution in [0.1, 0.15) is 35.5 Å². The zero-order chi connectivity index (χ0) is 26.7. The highest BCUT2D eigenvalue weighted by molar-refractivity contribution is 7.17. The van der Waals surface area contributed by atoms with E-state index >= 15 is 0 Å². The van der Waals surface area contributed by atoms with Gasteiger partial charge in [-0.2, -0.15) is 9.61 Å². The maximum atomic E-state index is 13.5. The van der Waals surface area contributed by atoms with Crippen molar-refractivity contribution in [3.63, 3.8) is 0 Å². The van der Waals surface area contributed by atoms with Gasteiger partial charge in [0, 0.05) is 17.7 Å². The van der Waals surface area contributed by atoms with Crippen LogP contribution in [0, 0.1) is 12.7 Å². The SMILES string of the molecule is Cc1c(-c2cc3n(CC(=O)Nc4ccc(F)cn4)c4c(c(=O)n3n2)CN(C(C)C)C4=O)ccc2ncsc12. The molecule has 10 nitrogen and oxygen atoms in total. The van der Waals surface area contributed by atoms with E-state index in [1.165, 1.54) is 32.6 Å². The molecule has 1 aromatic carbocycles. The van der Waals surface area contributed by atoms with Crippen molar-refractivity contribution < 1.29 is 14.0 Å². The highest BCUT2D eigenvalue weighted by Crippen LogP contribution is 2.32. The van der Waals surface area contributed by atoms with Crippen molar-refractivity contribution in [3.8, 4) is 11.3 Å². The average Bonchev–Trinajstić information content (AvgIpc) is 3.61. The number of rotatable bonds is 5. The zero-order valence-corrected chi connectivity index (χ0v) is 21.5. The summed E-state index contributed by atoms with van der Waals surface area (Å²) in [6.07, 6.45) is 1.00. The Balaban J connectivity index is 1.50. The number of benzene rings is 1. The van der Waals surface area contributed by atoms with Gasteiger partial charge in [-0.25, -0.2) is 14.4 Å². The number of carbonyl (C=O) groups excluding carboxylic acids is 2. The van der Waals surface area contributed by atoms with Crippen LogP contribution in [-0.2, 0) is 17.9 Å². The molecule has 1 N–H and O–H groups in total. The number of aryl methyl sites for hydroxylation is 1. The van der Waals surface area contributed by atoms with Crippen LogP contribution in [0.2, 0.25) is 0 Å². The molecule has 0 atom stereocenters. The third kappa shape index (κ3) is 3.76. The van der Waals surface area contributed by atoms with Crippen molar-refractivity contribution in [3.05, 3.63) is 75.0 Å². The summed E-state index contributed by atoms with van der Waals surface area (Å²) in [5.74, 6) is -1.17. The first kappa shape index (κ1) is 23.9. The van der Waals surface area contributed by atoms with Crippen molar-refractivity contribution in [2.75, 3.05) is 5.32 Å². The number of halogens is 1. The van der Waals surface area contributed by atoms with E-state index in [1.54, 1.807) is 16.5 Å². The van der Waals surface area contributed by atoms with Gasteiger partial charge in [-0.05, 0) is 44.5 Å². The van der Waals surface area contributed by atoms with Gasteiger partial charge in [0.15, 0.2) is 0 Å². The number of aromatic nitrogens is 5. The Morgan fingerprint density at radius 1 is 1.18 bits per heavy atom. The standard InChI is InChI=1S/C26H22FN7O3S/c1-13(2)32-10-17-23(26(32)37)33(11-21(35)30-20-7-4-15(27)9-28-20)22-8-19(31-34(22)25(17)36)16-5-6-18-24(14(16)3)38-12-29-18/h4-9,12-13H,10-11H2,1-3H3,(H,28,30,35). The fourth-order valence-corrected chi connectivity index (χ4v) is 5.61. The fraction of sp³-hybridized carbons (Fsp3) is 0.231. The Kier molecular flexibility index (Phi) is 5.56. The van der Waals surface area contributed by atoms with Gasteiger partial charge >= 0.3 is 0 Å². The van der Waals surface area contributed by atoms with Crippen LogP contribution in [0.25, 0.3) is 27.1 Å². The van der Waals surface area contributed by atoms with Gasteiger partial charge in [0.05, 0.1) is 39.7 Å². The van der Waals surface area contributed by atoms with Gasteiger partial charge in [-0.3, -0.25) is 14.4 Å². The molecule has 1 aliphatic rings. The third-order valence-electron chi connectivity index (χ3n) is 6.71. The van der Waals surface area contributed by atoms with Crippen LogP contribution >= 0.6 is 11.3 Å². The number of pyridine rings is 1. The van der Waals surface area contributed by atoms with E-state index in [4.69, 9.17) is 0 Å². The first-order valence-electron chi connectivity index (χ1n) is 11.9. The van der Waals surface area contributed by atoms with Crippen molar-refractivity contribution in [2.24, 2.45) is 0 Å². The number of fused-ring (bicyclic) bond motifs is 3. The van der Waals surface area contributed by atoms with Gasteiger partial charge in [-0.15, -0.1) is 11.3 Å². The smallest absolute Gasteiger partial charge is 0.280 e. The Bertz CT molecular complexity index is 1820. The number of nitrogens with zero attached hydrogens (tertiary/aromatic N) is 6. The molecule has 6 rings (SSSR count). The third-order valence-corrected chi connectivity index (χ3v) is 7.67. The number of hydrogen-bond donors (Lipinski definition) is 1. The Labute approximate surface area is 219 Å². The molecule has 0 saturated heterocycles. The Hall–Kier alpha value is -4.45. The second-order valence-corrected chi connectivity index (χ2v) is 10.2. The quantitative estimate of drug-likeness (QED) is 0.371. The molecule has 1 aliphatic heterocycles. The van der Waals surface area contributed by atoms with E-state index in [9.17, 15) is 18.8 Å². The summed E-state index contributed by atoms with van der Waals surface area (Å²) in [5, 5.41) is 7.25. The van der Waals surface area contributed by atoms with Gasteiger partial charge in [-0.1, -0.05) is 6.07 Å². The maximum Gasteiger partial charge on any atom is 0.280 e. The number of amides is 2. The van der Waals surface area contributed by atoms with Crippen molar-refractivity contribution in [1.29, 1.82) is 0 Å². The van der Waals surface area contributed by atoms with Gasteiger partial charge < -0.3 is 14.8 Å². The molecule has 0 fully saturated rings. The molecule has 5 aromatic rings. The van der Waals surface area contributed by atoms with Crippen LogP contribution < -0.4 is 10.9 Å². The minimum absolute atomic E-state index is 0.128. The summed E-state index contributed by atoms with van der Waals surface area (Å²) in [5.41, 5.74) is 5.37. The van der Waals surface area contributed by atoms with Gasteiger partial charge in [0.1, 0.15) is 29.5 Å². The molecule has 12 heteroatoms. The molecular formula is C26H22FN7O3S. The molecule has 192 valence electrons. The van der Waals surface area contributed by atoms with Crippen molar-refractivity contribution in [1.82, 2.24) is 29.0 Å². The van der Waals surface area contributed by atoms with Gasteiger partial charge in [0.25, 0.3) is 11.5 Å². The predicted molar refractivity (Wildman–Crippen MR) is 141 cm³/mol. The predicted octanol–water partition coefficient (Wildman–Crippen LogP) is 3.62. The van der Waals surface area contributed by atoms with Crippen LogP contribution in [0.15, 0.2) is 46.8 Å². The molecule has 38 heavy (non-hydrogen) atoms. The summed E-state index contributed by atoms with van der Waals surface area (Å²) in [7, 11) is 0. The molecule has 0 bridgehead atoms. The van der Waals surface area contributed by atoms with E-state index in [0.717, 1.165) is 27.5 Å². The summed E-state index contributed by atoms with van der Waals surface area (Å²) < 4.78 is 17.1. The fourth-order valence-electron chi connectivity index (χ4n) is 4.81. The molecule has 2 amide bonds. The van der Waals surface area contributed by atoms with E-state index < -0.39 is 17.3 Å². The topological polar surface area (TPSA) is 114 Å². The molecule has 0 saturated carbocycles. The number of hydrogen-bond acceptors (Lipinski definition) is 7. The van der Waals surface area contributed by atoms with Crippen molar-refractivity contribution >= 4 is 44.8 Å². The lowest BCUT2D eigenvalue weighted by Gasteiger charge is -2.20. The van der Waals surface area contributed by atoms with E-state index in [1.807, 2.05) is 32.9 Å². The number of carbonyl (C=O) groups is 2. The average molecular weight is 532 g/mol. The minimum atomic E-state index is -0.527. The number of anilines is 1. The summed E-state index contributed by atoms with van der Waals surface area (Å²) in [6.45, 7) is 5.56. The zero-order valence-electron chi connectivity index (χ0n) is 20.7. The van der Waals surface area contributed by atoms with Crippen LogP contribution in [0.4, 0.5) is 10.2 Å². The summed E-state index contributed by atoms with van der Waals surface area (Å²) in [4.78, 5) is 49.8. The van der Waals surface area contributed by atoms with Crippen LogP contribution in [0.3, 0.4) is 0 Å². The second kappa shape index (κ2) is 8.84. The van der Waals surface area contributed by atoms with E-state index in [0.29, 0.717) is 11.3 Å². The van der Waals surface area contributed by atoms with Crippen LogP contribution in [-0.4, -0.2) is 46.9 Å². The summed E-state index contributed by atoms with van der Waals surface area (Å²) in [6, 6.07) is 7.91. The molecule has 0 aliphatic carbocycles. The van der Waals surface area contributed by atoms with Gasteiger partial charge in [0.2, 0.25) is 5.91 Å². The Morgan fingerprint density at radius 2 is 2.00 bits per heavy atom. The Morgan fingerprint density at radius 3 is 2.74 bits per heavy atom. The molecule has 0 unspecified atom stereocenters. The van der Waals surface area contributed by atoms with E-state index in [-0.39, 0.29) is 42.1 Å².